The second-order valence-corrected chi connectivity index (χ2v) is 6.15. The zero-order valence-corrected chi connectivity index (χ0v) is 10.8. The van der Waals surface area contributed by atoms with E-state index in [9.17, 15) is 8.42 Å². The molecule has 1 heterocycles. The molecule has 1 aliphatic heterocycles. The summed E-state index contributed by atoms with van der Waals surface area (Å²) in [6.07, 6.45) is 7.05. The van der Waals surface area contributed by atoms with Crippen molar-refractivity contribution in [1.29, 1.82) is 0 Å². The molecule has 0 amide bonds. The van der Waals surface area contributed by atoms with Gasteiger partial charge in [-0.3, -0.25) is 0 Å². The van der Waals surface area contributed by atoms with Crippen LogP contribution < -0.4 is 0 Å². The fourth-order valence-electron chi connectivity index (χ4n) is 1.84. The predicted octanol–water partition coefficient (Wildman–Crippen LogP) is 0.918. The topological polar surface area (TPSA) is 40.6 Å². The molecule has 0 aromatic carbocycles. The first-order valence-electron chi connectivity index (χ1n) is 5.71. The highest BCUT2D eigenvalue weighted by Crippen LogP contribution is 2.20. The molecule has 0 aromatic rings. The Kier molecular flexibility index (Phi) is 4.78. The van der Waals surface area contributed by atoms with E-state index in [1.54, 1.807) is 4.31 Å². The van der Waals surface area contributed by atoms with Crippen LogP contribution in [-0.4, -0.2) is 43.2 Å². The van der Waals surface area contributed by atoms with Crippen molar-refractivity contribution in [3.8, 4) is 12.3 Å². The smallest absolute Gasteiger partial charge is 0.195 e. The molecular formula is C11H20N2O2S. The summed E-state index contributed by atoms with van der Waals surface area (Å²) >= 11 is 0. The minimum Gasteiger partial charge on any atom is -0.195 e. The van der Waals surface area contributed by atoms with Crippen LogP contribution >= 0.6 is 0 Å². The summed E-state index contributed by atoms with van der Waals surface area (Å²) in [5.74, 6) is 3.01. The number of terminal acetylenes is 1. The number of hydrogen-bond acceptors (Lipinski definition) is 2. The van der Waals surface area contributed by atoms with Gasteiger partial charge in [0.1, 0.15) is 0 Å². The molecule has 0 bridgehead atoms. The highest BCUT2D eigenvalue weighted by molar-refractivity contribution is 7.86. The molecular weight excluding hydrogens is 224 g/mol. The summed E-state index contributed by atoms with van der Waals surface area (Å²) in [4.78, 5) is 0. The number of piperidine rings is 1. The van der Waals surface area contributed by atoms with Crippen LogP contribution in [-0.2, 0) is 10.2 Å². The molecule has 0 radical (unpaired) electrons. The van der Waals surface area contributed by atoms with Crippen LogP contribution in [0, 0.1) is 18.3 Å². The molecule has 1 saturated heterocycles. The fourth-order valence-corrected chi connectivity index (χ4v) is 3.40. The molecule has 16 heavy (non-hydrogen) atoms. The Hall–Kier alpha value is -0.570. The molecule has 0 atom stereocenters. The van der Waals surface area contributed by atoms with Crippen LogP contribution in [0.3, 0.4) is 0 Å². The van der Waals surface area contributed by atoms with Gasteiger partial charge in [0, 0.05) is 19.6 Å². The molecule has 0 spiro atoms. The first-order valence-corrected chi connectivity index (χ1v) is 7.10. The van der Waals surface area contributed by atoms with E-state index in [4.69, 9.17) is 6.42 Å². The number of nitrogens with zero attached hydrogens (tertiary/aromatic N) is 2. The number of hydrogen-bond donors (Lipinski definition) is 0. The molecule has 92 valence electrons. The van der Waals surface area contributed by atoms with Crippen molar-refractivity contribution in [2.24, 2.45) is 5.92 Å². The summed E-state index contributed by atoms with van der Waals surface area (Å²) < 4.78 is 27.2. The van der Waals surface area contributed by atoms with Gasteiger partial charge >= 0.3 is 0 Å². The van der Waals surface area contributed by atoms with E-state index in [0.29, 0.717) is 25.6 Å². The summed E-state index contributed by atoms with van der Waals surface area (Å²) in [6, 6.07) is 0. The van der Waals surface area contributed by atoms with E-state index in [2.05, 4.69) is 12.8 Å². The van der Waals surface area contributed by atoms with E-state index in [1.807, 2.05) is 6.92 Å². The van der Waals surface area contributed by atoms with Gasteiger partial charge in [-0.15, -0.1) is 6.42 Å². The molecule has 1 rings (SSSR count). The molecule has 0 saturated carbocycles. The summed E-state index contributed by atoms with van der Waals surface area (Å²) in [5.41, 5.74) is 0. The highest BCUT2D eigenvalue weighted by atomic mass is 32.2. The van der Waals surface area contributed by atoms with E-state index < -0.39 is 10.2 Å². The normalized spacial score (nSPS) is 19.9. The Morgan fingerprint density at radius 1 is 1.44 bits per heavy atom. The zero-order valence-electron chi connectivity index (χ0n) is 10.0. The van der Waals surface area contributed by atoms with Crippen LogP contribution in [0.2, 0.25) is 0 Å². The SMILES string of the molecule is C#CCN(CC)S(=O)(=O)N1CCC(C)CC1. The zero-order chi connectivity index (χ0) is 12.2. The van der Waals surface area contributed by atoms with Crippen LogP contribution in [0.15, 0.2) is 0 Å². The Balaban J connectivity index is 2.73. The first-order chi connectivity index (χ1) is 7.52. The fraction of sp³-hybridized carbons (Fsp3) is 0.818. The van der Waals surface area contributed by atoms with Gasteiger partial charge in [-0.2, -0.15) is 17.0 Å². The number of rotatable bonds is 4. The van der Waals surface area contributed by atoms with Gasteiger partial charge in [0.2, 0.25) is 0 Å². The third-order valence-corrected chi connectivity index (χ3v) is 5.07. The van der Waals surface area contributed by atoms with Crippen LogP contribution in [0.1, 0.15) is 26.7 Å². The van der Waals surface area contributed by atoms with Crippen LogP contribution in [0.5, 0.6) is 0 Å². The summed E-state index contributed by atoms with van der Waals surface area (Å²) in [5, 5.41) is 0. The maximum atomic E-state index is 12.2. The van der Waals surface area contributed by atoms with Crippen molar-refractivity contribution in [2.75, 3.05) is 26.2 Å². The lowest BCUT2D eigenvalue weighted by Gasteiger charge is -2.32. The van der Waals surface area contributed by atoms with Crippen molar-refractivity contribution in [3.05, 3.63) is 0 Å². The van der Waals surface area contributed by atoms with Crippen molar-refractivity contribution < 1.29 is 8.42 Å². The third-order valence-electron chi connectivity index (χ3n) is 3.02. The maximum absolute atomic E-state index is 12.2. The molecule has 0 aromatic heterocycles. The predicted molar refractivity (Wildman–Crippen MR) is 65.0 cm³/mol. The Morgan fingerprint density at radius 3 is 2.44 bits per heavy atom. The van der Waals surface area contributed by atoms with E-state index >= 15 is 0 Å². The average molecular weight is 244 g/mol. The lowest BCUT2D eigenvalue weighted by molar-refractivity contribution is 0.269. The van der Waals surface area contributed by atoms with Crippen molar-refractivity contribution >= 4 is 10.2 Å². The highest BCUT2D eigenvalue weighted by Gasteiger charge is 2.30. The van der Waals surface area contributed by atoms with Crippen LogP contribution in [0.25, 0.3) is 0 Å². The molecule has 0 N–H and O–H groups in total. The van der Waals surface area contributed by atoms with Crippen molar-refractivity contribution in [2.45, 2.75) is 26.7 Å². The van der Waals surface area contributed by atoms with Gasteiger partial charge in [-0.05, 0) is 18.8 Å². The van der Waals surface area contributed by atoms with Crippen molar-refractivity contribution in [1.82, 2.24) is 8.61 Å². The van der Waals surface area contributed by atoms with E-state index in [0.717, 1.165) is 12.8 Å². The van der Waals surface area contributed by atoms with E-state index in [1.165, 1.54) is 4.31 Å². The second-order valence-electron chi connectivity index (χ2n) is 4.22. The minimum absolute atomic E-state index is 0.158. The maximum Gasteiger partial charge on any atom is 0.282 e. The van der Waals surface area contributed by atoms with Gasteiger partial charge in [0.05, 0.1) is 6.54 Å². The lowest BCUT2D eigenvalue weighted by atomic mass is 10.0. The first kappa shape index (κ1) is 13.5. The molecule has 1 aliphatic rings. The second kappa shape index (κ2) is 5.67. The quantitative estimate of drug-likeness (QED) is 0.690. The van der Waals surface area contributed by atoms with Gasteiger partial charge in [0.25, 0.3) is 10.2 Å². The minimum atomic E-state index is -3.34. The molecule has 4 nitrogen and oxygen atoms in total. The summed E-state index contributed by atoms with van der Waals surface area (Å²) in [6.45, 7) is 5.78. The molecule has 5 heteroatoms. The Labute approximate surface area is 98.8 Å². The van der Waals surface area contributed by atoms with Gasteiger partial charge in [0.15, 0.2) is 0 Å². The molecule has 0 unspecified atom stereocenters. The molecule has 0 aliphatic carbocycles. The van der Waals surface area contributed by atoms with E-state index in [-0.39, 0.29) is 6.54 Å². The van der Waals surface area contributed by atoms with Gasteiger partial charge in [-0.1, -0.05) is 19.8 Å². The monoisotopic (exact) mass is 244 g/mol. The standard InChI is InChI=1S/C11H20N2O2S/c1-4-8-12(5-2)16(14,15)13-9-6-11(3)7-10-13/h1,11H,5-10H2,2-3H3. The van der Waals surface area contributed by atoms with Crippen LogP contribution in [0.4, 0.5) is 0 Å². The Morgan fingerprint density at radius 2 is 2.00 bits per heavy atom. The third kappa shape index (κ3) is 2.97. The largest absolute Gasteiger partial charge is 0.282 e. The van der Waals surface area contributed by atoms with Crippen molar-refractivity contribution in [3.63, 3.8) is 0 Å². The Bertz CT molecular complexity index is 351. The lowest BCUT2D eigenvalue weighted by Crippen LogP contribution is -2.47. The average Bonchev–Trinajstić information content (AvgIpc) is 2.26. The summed E-state index contributed by atoms with van der Waals surface area (Å²) in [7, 11) is -3.34. The molecule has 1 fully saturated rings. The van der Waals surface area contributed by atoms with Gasteiger partial charge in [-0.25, -0.2) is 0 Å². The van der Waals surface area contributed by atoms with Gasteiger partial charge < -0.3 is 0 Å².